The summed E-state index contributed by atoms with van der Waals surface area (Å²) in [5, 5.41) is 3.32. The van der Waals surface area contributed by atoms with Crippen LogP contribution in [0.5, 0.6) is 0 Å². The lowest BCUT2D eigenvalue weighted by Gasteiger charge is -2.34. The summed E-state index contributed by atoms with van der Waals surface area (Å²) >= 11 is 5.37. The molecule has 72 valence electrons. The Morgan fingerprint density at radius 2 is 2.21 bits per heavy atom. The van der Waals surface area contributed by atoms with Crippen molar-refractivity contribution in [1.29, 1.82) is 0 Å². The molecular formula is C11H12N2S. The highest BCUT2D eigenvalue weighted by molar-refractivity contribution is 7.80. The summed E-state index contributed by atoms with van der Waals surface area (Å²) in [6, 6.07) is 8.84. The molecule has 0 amide bonds. The van der Waals surface area contributed by atoms with Crippen molar-refractivity contribution in [2.45, 2.75) is 18.9 Å². The number of benzene rings is 1. The van der Waals surface area contributed by atoms with Crippen LogP contribution < -0.4 is 10.2 Å². The molecule has 1 unspecified atom stereocenters. The Morgan fingerprint density at radius 1 is 1.36 bits per heavy atom. The standard InChI is InChI=1S/C11H12N2S/c14-11-10-6-3-7-13(10)9-5-2-1-4-8(9)12-11/h1-2,4-5,10H,3,6-7H2,(H,12,14). The molecule has 3 heteroatoms. The molecule has 1 aromatic rings. The van der Waals surface area contributed by atoms with E-state index < -0.39 is 0 Å². The minimum atomic E-state index is 0.444. The number of fused-ring (bicyclic) bond motifs is 3. The first-order valence-corrected chi connectivity index (χ1v) is 5.43. The predicted molar refractivity (Wildman–Crippen MR) is 63.0 cm³/mol. The van der Waals surface area contributed by atoms with Crippen LogP contribution in [-0.4, -0.2) is 17.6 Å². The largest absolute Gasteiger partial charge is 0.360 e. The number of rotatable bonds is 0. The molecule has 2 nitrogen and oxygen atoms in total. The molecule has 0 saturated carbocycles. The fourth-order valence-electron chi connectivity index (χ4n) is 2.37. The highest BCUT2D eigenvalue weighted by atomic mass is 32.1. The van der Waals surface area contributed by atoms with Crippen LogP contribution in [0.3, 0.4) is 0 Å². The van der Waals surface area contributed by atoms with Crippen molar-refractivity contribution < 1.29 is 0 Å². The predicted octanol–water partition coefficient (Wildman–Crippen LogP) is 2.41. The van der Waals surface area contributed by atoms with E-state index in [1.807, 2.05) is 6.07 Å². The van der Waals surface area contributed by atoms with Gasteiger partial charge in [-0.3, -0.25) is 0 Å². The first-order valence-electron chi connectivity index (χ1n) is 5.03. The van der Waals surface area contributed by atoms with E-state index in [4.69, 9.17) is 12.2 Å². The van der Waals surface area contributed by atoms with Crippen LogP contribution >= 0.6 is 12.2 Å². The average Bonchev–Trinajstić information content (AvgIpc) is 2.67. The summed E-state index contributed by atoms with van der Waals surface area (Å²) < 4.78 is 0. The monoisotopic (exact) mass is 204 g/mol. The number of hydrogen-bond acceptors (Lipinski definition) is 2. The summed E-state index contributed by atoms with van der Waals surface area (Å²) in [7, 11) is 0. The maximum Gasteiger partial charge on any atom is 0.103 e. The molecule has 14 heavy (non-hydrogen) atoms. The Morgan fingerprint density at radius 3 is 3.14 bits per heavy atom. The van der Waals surface area contributed by atoms with Gasteiger partial charge in [-0.1, -0.05) is 24.4 Å². The van der Waals surface area contributed by atoms with Crippen LogP contribution in [-0.2, 0) is 0 Å². The quantitative estimate of drug-likeness (QED) is 0.653. The molecule has 0 aromatic heterocycles. The van der Waals surface area contributed by atoms with Gasteiger partial charge in [0.05, 0.1) is 17.4 Å². The number of thiocarbonyl (C=S) groups is 1. The smallest absolute Gasteiger partial charge is 0.103 e. The fraction of sp³-hybridized carbons (Fsp3) is 0.364. The van der Waals surface area contributed by atoms with Crippen LogP contribution in [0.2, 0.25) is 0 Å². The Kier molecular flexibility index (Phi) is 1.74. The lowest BCUT2D eigenvalue weighted by molar-refractivity contribution is 0.843. The van der Waals surface area contributed by atoms with Gasteiger partial charge < -0.3 is 10.2 Å². The summed E-state index contributed by atoms with van der Waals surface area (Å²) in [6.07, 6.45) is 2.45. The number of nitrogens with zero attached hydrogens (tertiary/aromatic N) is 1. The first kappa shape index (κ1) is 8.24. The number of para-hydroxylation sites is 2. The lowest BCUT2D eigenvalue weighted by atomic mass is 10.1. The summed E-state index contributed by atoms with van der Waals surface area (Å²) in [6.45, 7) is 1.14. The van der Waals surface area contributed by atoms with Crippen molar-refractivity contribution in [3.63, 3.8) is 0 Å². The Bertz CT molecular complexity index is 389. The van der Waals surface area contributed by atoms with Crippen LogP contribution in [0.25, 0.3) is 0 Å². The number of hydrogen-bond donors (Lipinski definition) is 1. The van der Waals surface area contributed by atoms with Crippen molar-refractivity contribution >= 4 is 28.6 Å². The zero-order valence-electron chi connectivity index (χ0n) is 7.86. The highest BCUT2D eigenvalue weighted by Gasteiger charge is 2.33. The summed E-state index contributed by atoms with van der Waals surface area (Å²) in [5.41, 5.74) is 2.47. The van der Waals surface area contributed by atoms with E-state index in [0.29, 0.717) is 6.04 Å². The number of nitrogens with one attached hydrogen (secondary N) is 1. The zero-order chi connectivity index (χ0) is 9.54. The third-order valence-corrected chi connectivity index (χ3v) is 3.40. The van der Waals surface area contributed by atoms with Crippen molar-refractivity contribution in [3.05, 3.63) is 24.3 Å². The maximum atomic E-state index is 5.37. The summed E-state index contributed by atoms with van der Waals surface area (Å²) in [4.78, 5) is 3.41. The molecule has 2 aliphatic rings. The molecule has 1 fully saturated rings. The molecule has 2 aliphatic heterocycles. The normalized spacial score (nSPS) is 24.1. The Hall–Kier alpha value is -1.09. The lowest BCUT2D eigenvalue weighted by Crippen LogP contribution is -2.42. The zero-order valence-corrected chi connectivity index (χ0v) is 8.68. The summed E-state index contributed by atoms with van der Waals surface area (Å²) in [5.74, 6) is 0. The SMILES string of the molecule is S=C1Nc2ccccc2N2CCCC12. The van der Waals surface area contributed by atoms with Gasteiger partial charge in [0.1, 0.15) is 4.99 Å². The van der Waals surface area contributed by atoms with Gasteiger partial charge in [0.25, 0.3) is 0 Å². The third-order valence-electron chi connectivity index (χ3n) is 3.03. The highest BCUT2D eigenvalue weighted by Crippen LogP contribution is 2.36. The van der Waals surface area contributed by atoms with E-state index in [0.717, 1.165) is 17.2 Å². The van der Waals surface area contributed by atoms with Crippen LogP contribution in [0.15, 0.2) is 24.3 Å². The van der Waals surface area contributed by atoms with Gasteiger partial charge in [-0.15, -0.1) is 0 Å². The molecule has 0 bridgehead atoms. The maximum absolute atomic E-state index is 5.37. The fourth-order valence-corrected chi connectivity index (χ4v) is 2.73. The second-order valence-corrected chi connectivity index (χ2v) is 4.30. The molecule has 1 aromatic carbocycles. The first-order chi connectivity index (χ1) is 6.86. The molecule has 1 N–H and O–H groups in total. The van der Waals surface area contributed by atoms with Gasteiger partial charge in [0, 0.05) is 6.54 Å². The van der Waals surface area contributed by atoms with E-state index in [1.54, 1.807) is 0 Å². The average molecular weight is 204 g/mol. The van der Waals surface area contributed by atoms with Crippen LogP contribution in [0, 0.1) is 0 Å². The molecule has 0 spiro atoms. The number of anilines is 2. The van der Waals surface area contributed by atoms with Crippen molar-refractivity contribution in [3.8, 4) is 0 Å². The van der Waals surface area contributed by atoms with Crippen LogP contribution in [0.1, 0.15) is 12.8 Å². The van der Waals surface area contributed by atoms with E-state index >= 15 is 0 Å². The van der Waals surface area contributed by atoms with Gasteiger partial charge in [0.15, 0.2) is 0 Å². The van der Waals surface area contributed by atoms with Gasteiger partial charge in [-0.25, -0.2) is 0 Å². The minimum absolute atomic E-state index is 0.444. The van der Waals surface area contributed by atoms with E-state index in [-0.39, 0.29) is 0 Å². The molecule has 1 saturated heterocycles. The van der Waals surface area contributed by atoms with Crippen molar-refractivity contribution in [1.82, 2.24) is 0 Å². The van der Waals surface area contributed by atoms with Gasteiger partial charge >= 0.3 is 0 Å². The van der Waals surface area contributed by atoms with E-state index in [9.17, 15) is 0 Å². The third kappa shape index (κ3) is 1.05. The van der Waals surface area contributed by atoms with Crippen LogP contribution in [0.4, 0.5) is 11.4 Å². The second kappa shape index (κ2) is 2.95. The minimum Gasteiger partial charge on any atom is -0.360 e. The Balaban J connectivity index is 2.11. The van der Waals surface area contributed by atoms with E-state index in [2.05, 4.69) is 28.4 Å². The van der Waals surface area contributed by atoms with Gasteiger partial charge in [0.2, 0.25) is 0 Å². The topological polar surface area (TPSA) is 15.3 Å². The molecule has 0 aliphatic carbocycles. The van der Waals surface area contributed by atoms with Gasteiger partial charge in [-0.05, 0) is 25.0 Å². The van der Waals surface area contributed by atoms with Crippen molar-refractivity contribution in [2.24, 2.45) is 0 Å². The molecular weight excluding hydrogens is 192 g/mol. The molecule has 2 heterocycles. The molecule has 0 radical (unpaired) electrons. The molecule has 3 rings (SSSR count). The van der Waals surface area contributed by atoms with Gasteiger partial charge in [-0.2, -0.15) is 0 Å². The molecule has 1 atom stereocenters. The van der Waals surface area contributed by atoms with E-state index in [1.165, 1.54) is 18.5 Å². The Labute approximate surface area is 88.9 Å². The van der Waals surface area contributed by atoms with Crippen molar-refractivity contribution in [2.75, 3.05) is 16.8 Å². The second-order valence-electron chi connectivity index (χ2n) is 3.86.